The van der Waals surface area contributed by atoms with E-state index < -0.39 is 0 Å². The van der Waals surface area contributed by atoms with Crippen LogP contribution in [0.5, 0.6) is 0 Å². The van der Waals surface area contributed by atoms with Crippen molar-refractivity contribution < 1.29 is 0 Å². The lowest BCUT2D eigenvalue weighted by Crippen LogP contribution is -1.88. The van der Waals surface area contributed by atoms with Gasteiger partial charge >= 0.3 is 0 Å². The molecule has 0 fully saturated rings. The number of rotatable bonds is 6. The summed E-state index contributed by atoms with van der Waals surface area (Å²) < 4.78 is 0. The van der Waals surface area contributed by atoms with Gasteiger partial charge < -0.3 is 0 Å². The molecular formula is C18H28. The van der Waals surface area contributed by atoms with Gasteiger partial charge in [0, 0.05) is 0 Å². The van der Waals surface area contributed by atoms with E-state index in [0.29, 0.717) is 5.92 Å². The van der Waals surface area contributed by atoms with Crippen molar-refractivity contribution in [3.8, 4) is 0 Å². The molecule has 100 valence electrons. The summed E-state index contributed by atoms with van der Waals surface area (Å²) in [7, 11) is 0. The molecule has 0 amide bonds. The van der Waals surface area contributed by atoms with Gasteiger partial charge in [-0.15, -0.1) is 0 Å². The molecule has 0 aromatic heterocycles. The average Bonchev–Trinajstić information content (AvgIpc) is 2.35. The molecule has 0 radical (unpaired) electrons. The highest BCUT2D eigenvalue weighted by atomic mass is 14.0. The van der Waals surface area contributed by atoms with Crippen molar-refractivity contribution in [3.63, 3.8) is 0 Å². The Morgan fingerprint density at radius 2 is 1.72 bits per heavy atom. The van der Waals surface area contributed by atoms with Gasteiger partial charge in [0.1, 0.15) is 0 Å². The molecule has 0 aliphatic carbocycles. The summed E-state index contributed by atoms with van der Waals surface area (Å²) in [6, 6.07) is 0. The fourth-order valence-electron chi connectivity index (χ4n) is 1.31. The third-order valence-electron chi connectivity index (χ3n) is 3.25. The van der Waals surface area contributed by atoms with Crippen LogP contribution in [0.2, 0.25) is 0 Å². The molecule has 0 saturated heterocycles. The van der Waals surface area contributed by atoms with Gasteiger partial charge in [-0.05, 0) is 44.3 Å². The Hall–Kier alpha value is -1.30. The molecule has 0 rings (SSSR count). The second-order valence-corrected chi connectivity index (χ2v) is 5.00. The number of hydrogen-bond acceptors (Lipinski definition) is 0. The molecule has 0 aromatic rings. The summed E-state index contributed by atoms with van der Waals surface area (Å²) in [6.07, 6.45) is 11.7. The first-order valence-electron chi connectivity index (χ1n) is 6.79. The first kappa shape index (κ1) is 16.7. The smallest absolute Gasteiger partial charge is 0.0260 e. The molecule has 0 spiro atoms. The topological polar surface area (TPSA) is 0 Å². The lowest BCUT2D eigenvalue weighted by atomic mass is 10.0. The van der Waals surface area contributed by atoms with Gasteiger partial charge in [0.15, 0.2) is 0 Å². The van der Waals surface area contributed by atoms with Gasteiger partial charge in [-0.1, -0.05) is 68.9 Å². The van der Waals surface area contributed by atoms with Gasteiger partial charge in [0.05, 0.1) is 0 Å². The van der Waals surface area contributed by atoms with Crippen LogP contribution in [-0.4, -0.2) is 0 Å². The second kappa shape index (κ2) is 8.74. The summed E-state index contributed by atoms with van der Waals surface area (Å²) in [5.41, 5.74) is 5.07. The molecule has 0 aromatic carbocycles. The van der Waals surface area contributed by atoms with Crippen molar-refractivity contribution in [2.24, 2.45) is 5.92 Å². The van der Waals surface area contributed by atoms with E-state index in [0.717, 1.165) is 12.0 Å². The zero-order chi connectivity index (χ0) is 14.1. The fourth-order valence-corrected chi connectivity index (χ4v) is 1.31. The predicted molar refractivity (Wildman–Crippen MR) is 84.7 cm³/mol. The standard InChI is InChI=1S/C18H28/c1-8-15(5)10-11-17(7)18(9-2)13-12-16(6)14(3)4/h8,10-14H,7,9H2,1-6H3/b11-10-,15-8-,16-12+,18-13+. The number of hydrogen-bond donors (Lipinski definition) is 0. The quantitative estimate of drug-likeness (QED) is 0.502. The molecule has 0 bridgehead atoms. The predicted octanol–water partition coefficient (Wildman–Crippen LogP) is 6.00. The van der Waals surface area contributed by atoms with Crippen molar-refractivity contribution in [1.82, 2.24) is 0 Å². The van der Waals surface area contributed by atoms with Crippen LogP contribution in [0.15, 0.2) is 59.3 Å². The van der Waals surface area contributed by atoms with Crippen molar-refractivity contribution >= 4 is 0 Å². The average molecular weight is 244 g/mol. The van der Waals surface area contributed by atoms with Crippen LogP contribution in [-0.2, 0) is 0 Å². The van der Waals surface area contributed by atoms with Crippen molar-refractivity contribution in [2.45, 2.75) is 48.0 Å². The zero-order valence-electron chi connectivity index (χ0n) is 12.9. The molecule has 0 atom stereocenters. The largest absolute Gasteiger partial charge is 0.0915 e. The summed E-state index contributed by atoms with van der Waals surface area (Å²) >= 11 is 0. The van der Waals surface area contributed by atoms with E-state index in [4.69, 9.17) is 0 Å². The van der Waals surface area contributed by atoms with Gasteiger partial charge in [0.25, 0.3) is 0 Å². The summed E-state index contributed by atoms with van der Waals surface area (Å²) in [4.78, 5) is 0. The Balaban J connectivity index is 4.89. The van der Waals surface area contributed by atoms with E-state index >= 15 is 0 Å². The first-order chi connectivity index (χ1) is 8.42. The van der Waals surface area contributed by atoms with Crippen LogP contribution < -0.4 is 0 Å². The summed E-state index contributed by atoms with van der Waals surface area (Å²) in [5, 5.41) is 0. The normalized spacial score (nSPS) is 14.7. The van der Waals surface area contributed by atoms with Crippen molar-refractivity contribution in [3.05, 3.63) is 59.3 Å². The lowest BCUT2D eigenvalue weighted by molar-refractivity contribution is 0.769. The minimum atomic E-state index is 0.605. The molecule has 0 nitrogen and oxygen atoms in total. The number of allylic oxidation sites excluding steroid dienone is 9. The second-order valence-electron chi connectivity index (χ2n) is 5.00. The lowest BCUT2D eigenvalue weighted by Gasteiger charge is -2.06. The summed E-state index contributed by atoms with van der Waals surface area (Å²) in [6.45, 7) is 17.1. The van der Waals surface area contributed by atoms with E-state index in [2.05, 4.69) is 71.6 Å². The Kier molecular flexibility index (Phi) is 8.11. The van der Waals surface area contributed by atoms with E-state index in [-0.39, 0.29) is 0 Å². The maximum atomic E-state index is 4.14. The van der Waals surface area contributed by atoms with Crippen LogP contribution in [0.1, 0.15) is 48.0 Å². The van der Waals surface area contributed by atoms with Gasteiger partial charge in [0.2, 0.25) is 0 Å². The molecule has 0 N–H and O–H groups in total. The van der Waals surface area contributed by atoms with Gasteiger partial charge in [-0.2, -0.15) is 0 Å². The third kappa shape index (κ3) is 6.44. The van der Waals surface area contributed by atoms with Crippen LogP contribution >= 0.6 is 0 Å². The molecule has 0 aliphatic heterocycles. The maximum absolute atomic E-state index is 4.14. The van der Waals surface area contributed by atoms with Crippen LogP contribution in [0.4, 0.5) is 0 Å². The Morgan fingerprint density at radius 3 is 2.17 bits per heavy atom. The van der Waals surface area contributed by atoms with Crippen molar-refractivity contribution in [1.29, 1.82) is 0 Å². The highest BCUT2D eigenvalue weighted by Crippen LogP contribution is 2.16. The van der Waals surface area contributed by atoms with E-state index in [1.54, 1.807) is 0 Å². The van der Waals surface area contributed by atoms with Crippen molar-refractivity contribution in [2.75, 3.05) is 0 Å². The highest BCUT2D eigenvalue weighted by Gasteiger charge is 1.97. The first-order valence-corrected chi connectivity index (χ1v) is 6.79. The Labute approximate surface area is 113 Å². The van der Waals surface area contributed by atoms with E-state index in [1.165, 1.54) is 16.7 Å². The Bertz CT molecular complexity index is 384. The maximum Gasteiger partial charge on any atom is -0.0260 e. The monoisotopic (exact) mass is 244 g/mol. The highest BCUT2D eigenvalue weighted by molar-refractivity contribution is 5.41. The Morgan fingerprint density at radius 1 is 1.11 bits per heavy atom. The van der Waals surface area contributed by atoms with Crippen LogP contribution in [0.3, 0.4) is 0 Å². The van der Waals surface area contributed by atoms with E-state index in [1.807, 2.05) is 6.92 Å². The van der Waals surface area contributed by atoms with E-state index in [9.17, 15) is 0 Å². The fraction of sp³-hybridized carbons (Fsp3) is 0.444. The van der Waals surface area contributed by atoms with Gasteiger partial charge in [-0.3, -0.25) is 0 Å². The molecule has 0 saturated carbocycles. The molecular weight excluding hydrogens is 216 g/mol. The minimum absolute atomic E-state index is 0.605. The molecule has 0 unspecified atom stereocenters. The minimum Gasteiger partial charge on any atom is -0.0915 e. The zero-order valence-corrected chi connectivity index (χ0v) is 12.9. The third-order valence-corrected chi connectivity index (χ3v) is 3.25. The molecule has 0 aliphatic rings. The van der Waals surface area contributed by atoms with Crippen LogP contribution in [0.25, 0.3) is 0 Å². The molecule has 0 heteroatoms. The molecule has 0 heterocycles. The van der Waals surface area contributed by atoms with Crippen LogP contribution in [0, 0.1) is 5.92 Å². The SMILES string of the molecule is C=C(/C=C\C(C)=C/C)/C(=C/C=C(\C)C(C)C)CC. The van der Waals surface area contributed by atoms with Gasteiger partial charge in [-0.25, -0.2) is 0 Å². The summed E-state index contributed by atoms with van der Waals surface area (Å²) in [5.74, 6) is 0.605. The molecule has 18 heavy (non-hydrogen) atoms.